The molecule has 1 heterocycles. The van der Waals surface area contributed by atoms with E-state index < -0.39 is 0 Å². The summed E-state index contributed by atoms with van der Waals surface area (Å²) in [5, 5.41) is 3.54. The van der Waals surface area contributed by atoms with Crippen LogP contribution in [-0.2, 0) is 11.3 Å². The third-order valence-electron chi connectivity index (χ3n) is 3.56. The smallest absolute Gasteiger partial charge is 0.0669 e. The van der Waals surface area contributed by atoms with Crippen LogP contribution in [0.3, 0.4) is 0 Å². The van der Waals surface area contributed by atoms with E-state index in [0.717, 1.165) is 24.9 Å². The summed E-state index contributed by atoms with van der Waals surface area (Å²) in [5.41, 5.74) is 1.39. The van der Waals surface area contributed by atoms with Gasteiger partial charge in [0.1, 0.15) is 0 Å². The Morgan fingerprint density at radius 3 is 2.67 bits per heavy atom. The maximum absolute atomic E-state index is 5.64. The van der Waals surface area contributed by atoms with Crippen molar-refractivity contribution < 1.29 is 4.74 Å². The molecule has 3 rings (SSSR count). The third kappa shape index (κ3) is 3.74. The lowest BCUT2D eigenvalue weighted by Gasteiger charge is -2.09. The Morgan fingerprint density at radius 1 is 1.17 bits per heavy atom. The topological polar surface area (TPSA) is 21.3 Å². The summed E-state index contributed by atoms with van der Waals surface area (Å²) in [6.45, 7) is 1.97. The van der Waals surface area contributed by atoms with Gasteiger partial charge >= 0.3 is 0 Å². The van der Waals surface area contributed by atoms with E-state index in [1.54, 1.807) is 0 Å². The highest BCUT2D eigenvalue weighted by atomic mass is 32.2. The molecule has 1 aromatic carbocycles. The average molecular weight is 263 g/mol. The predicted molar refractivity (Wildman–Crippen MR) is 76.0 cm³/mol. The maximum Gasteiger partial charge on any atom is 0.0669 e. The highest BCUT2D eigenvalue weighted by molar-refractivity contribution is 7.99. The molecule has 0 bridgehead atoms. The van der Waals surface area contributed by atoms with Crippen LogP contribution in [0.15, 0.2) is 29.2 Å². The number of hydrogen-bond donors (Lipinski definition) is 1. The molecule has 0 amide bonds. The van der Waals surface area contributed by atoms with Crippen molar-refractivity contribution in [3.8, 4) is 0 Å². The average Bonchev–Trinajstić information content (AvgIpc) is 3.09. The van der Waals surface area contributed by atoms with Gasteiger partial charge in [0.05, 0.1) is 6.10 Å². The van der Waals surface area contributed by atoms with E-state index in [9.17, 15) is 0 Å². The normalized spacial score (nSPS) is 23.4. The number of ether oxygens (including phenoxy) is 1. The van der Waals surface area contributed by atoms with Gasteiger partial charge in [-0.15, -0.1) is 11.8 Å². The first-order valence-electron chi connectivity index (χ1n) is 6.97. The first-order chi connectivity index (χ1) is 8.90. The SMILES string of the molecule is c1cc(SCC2CCCO2)ccc1CNC1CC1. The lowest BCUT2D eigenvalue weighted by Crippen LogP contribution is -2.15. The molecular weight excluding hydrogens is 242 g/mol. The standard InChI is InChI=1S/C15H21NOS/c1-2-14(17-9-1)11-18-15-7-3-12(4-8-15)10-16-13-5-6-13/h3-4,7-8,13-14,16H,1-2,5-6,9-11H2. The van der Waals surface area contributed by atoms with Crippen LogP contribution >= 0.6 is 11.8 Å². The Balaban J connectivity index is 1.44. The molecular formula is C15H21NOS. The predicted octanol–water partition coefficient (Wildman–Crippen LogP) is 3.21. The molecule has 1 saturated carbocycles. The number of rotatable bonds is 6. The molecule has 1 unspecified atom stereocenters. The van der Waals surface area contributed by atoms with Crippen molar-refractivity contribution >= 4 is 11.8 Å². The van der Waals surface area contributed by atoms with Crippen LogP contribution in [-0.4, -0.2) is 24.5 Å². The van der Waals surface area contributed by atoms with Gasteiger partial charge in [-0.25, -0.2) is 0 Å². The fraction of sp³-hybridized carbons (Fsp3) is 0.600. The van der Waals surface area contributed by atoms with Crippen molar-refractivity contribution in [2.75, 3.05) is 12.4 Å². The van der Waals surface area contributed by atoms with Crippen molar-refractivity contribution in [2.24, 2.45) is 0 Å². The van der Waals surface area contributed by atoms with Crippen LogP contribution in [0.2, 0.25) is 0 Å². The van der Waals surface area contributed by atoms with Gasteiger partial charge in [0, 0.05) is 29.8 Å². The molecule has 1 aliphatic carbocycles. The van der Waals surface area contributed by atoms with Crippen molar-refractivity contribution in [3.63, 3.8) is 0 Å². The zero-order valence-electron chi connectivity index (χ0n) is 10.7. The van der Waals surface area contributed by atoms with Gasteiger partial charge < -0.3 is 10.1 Å². The Morgan fingerprint density at radius 2 is 2.00 bits per heavy atom. The second-order valence-electron chi connectivity index (χ2n) is 5.25. The fourth-order valence-corrected chi connectivity index (χ4v) is 3.19. The van der Waals surface area contributed by atoms with E-state index in [4.69, 9.17) is 4.74 Å². The Kier molecular flexibility index (Phi) is 4.24. The molecule has 0 spiro atoms. The zero-order valence-corrected chi connectivity index (χ0v) is 11.5. The monoisotopic (exact) mass is 263 g/mol. The minimum Gasteiger partial charge on any atom is -0.377 e. The van der Waals surface area contributed by atoms with Crippen LogP contribution in [0.25, 0.3) is 0 Å². The van der Waals surface area contributed by atoms with Gasteiger partial charge in [-0.2, -0.15) is 0 Å². The molecule has 2 fully saturated rings. The van der Waals surface area contributed by atoms with E-state index in [-0.39, 0.29) is 0 Å². The molecule has 0 radical (unpaired) electrons. The molecule has 1 aromatic rings. The molecule has 98 valence electrons. The Labute approximate surface area is 113 Å². The summed E-state index contributed by atoms with van der Waals surface area (Å²) < 4.78 is 5.64. The van der Waals surface area contributed by atoms with Gasteiger partial charge in [-0.3, -0.25) is 0 Å². The van der Waals surface area contributed by atoms with Crippen molar-refractivity contribution in [2.45, 2.75) is 49.3 Å². The first-order valence-corrected chi connectivity index (χ1v) is 7.95. The Bertz CT molecular complexity index is 369. The third-order valence-corrected chi connectivity index (χ3v) is 4.70. The van der Waals surface area contributed by atoms with Crippen molar-refractivity contribution in [1.29, 1.82) is 0 Å². The zero-order chi connectivity index (χ0) is 12.2. The van der Waals surface area contributed by atoms with E-state index in [1.165, 1.54) is 36.1 Å². The summed E-state index contributed by atoms with van der Waals surface area (Å²) in [6.07, 6.45) is 5.66. The molecule has 0 aromatic heterocycles. The minimum absolute atomic E-state index is 0.478. The van der Waals surface area contributed by atoms with Gasteiger partial charge in [0.25, 0.3) is 0 Å². The second kappa shape index (κ2) is 6.09. The van der Waals surface area contributed by atoms with Gasteiger partial charge in [-0.05, 0) is 43.4 Å². The van der Waals surface area contributed by atoms with E-state index in [0.29, 0.717) is 6.10 Å². The number of benzene rings is 1. The van der Waals surface area contributed by atoms with Crippen LogP contribution < -0.4 is 5.32 Å². The molecule has 2 nitrogen and oxygen atoms in total. The molecule has 2 aliphatic rings. The fourth-order valence-electron chi connectivity index (χ4n) is 2.22. The summed E-state index contributed by atoms with van der Waals surface area (Å²) in [7, 11) is 0. The van der Waals surface area contributed by atoms with E-state index in [1.807, 2.05) is 11.8 Å². The lowest BCUT2D eigenvalue weighted by atomic mass is 10.2. The highest BCUT2D eigenvalue weighted by Gasteiger charge is 2.19. The first kappa shape index (κ1) is 12.5. The van der Waals surface area contributed by atoms with Gasteiger partial charge in [-0.1, -0.05) is 12.1 Å². The van der Waals surface area contributed by atoms with E-state index >= 15 is 0 Å². The molecule has 1 N–H and O–H groups in total. The molecule has 1 atom stereocenters. The highest BCUT2D eigenvalue weighted by Crippen LogP contribution is 2.24. The largest absolute Gasteiger partial charge is 0.377 e. The molecule has 1 saturated heterocycles. The van der Waals surface area contributed by atoms with Gasteiger partial charge in [0.15, 0.2) is 0 Å². The summed E-state index contributed by atoms with van der Waals surface area (Å²) in [5.74, 6) is 1.10. The Hall–Kier alpha value is -0.510. The van der Waals surface area contributed by atoms with Crippen LogP contribution in [0.5, 0.6) is 0 Å². The number of thioether (sulfide) groups is 1. The molecule has 3 heteroatoms. The quantitative estimate of drug-likeness (QED) is 0.796. The minimum atomic E-state index is 0.478. The summed E-state index contributed by atoms with van der Waals surface area (Å²) in [4.78, 5) is 1.36. The number of nitrogens with one attached hydrogen (secondary N) is 1. The van der Waals surface area contributed by atoms with Gasteiger partial charge in [0.2, 0.25) is 0 Å². The van der Waals surface area contributed by atoms with Crippen molar-refractivity contribution in [1.82, 2.24) is 5.32 Å². The van der Waals surface area contributed by atoms with E-state index in [2.05, 4.69) is 29.6 Å². The summed E-state index contributed by atoms with van der Waals surface area (Å²) in [6, 6.07) is 9.76. The maximum atomic E-state index is 5.64. The summed E-state index contributed by atoms with van der Waals surface area (Å²) >= 11 is 1.92. The van der Waals surface area contributed by atoms with Crippen LogP contribution in [0, 0.1) is 0 Å². The van der Waals surface area contributed by atoms with Crippen molar-refractivity contribution in [3.05, 3.63) is 29.8 Å². The molecule has 18 heavy (non-hydrogen) atoms. The van der Waals surface area contributed by atoms with Crippen LogP contribution in [0.4, 0.5) is 0 Å². The molecule has 1 aliphatic heterocycles. The van der Waals surface area contributed by atoms with Crippen LogP contribution in [0.1, 0.15) is 31.2 Å². The number of hydrogen-bond acceptors (Lipinski definition) is 3. The second-order valence-corrected chi connectivity index (χ2v) is 6.34. The lowest BCUT2D eigenvalue weighted by molar-refractivity contribution is 0.129.